The molecule has 30 heavy (non-hydrogen) atoms. The standard InChI is InChI=1S/C19H34N4O5S2/c1-4-11(2)15(20)18(26)23-8-5-6-14(23)17(25)22-13(10-29)16(24)21-12(19(27)28)7-9-30-3/h11-15,29H,4-10,20H2,1-3H3,(H,21,24)(H,22,25)(H,27,28). The van der Waals surface area contributed by atoms with Crippen LogP contribution in [0.1, 0.15) is 39.5 Å². The Morgan fingerprint density at radius 1 is 1.27 bits per heavy atom. The number of hydrogen-bond acceptors (Lipinski definition) is 7. The van der Waals surface area contributed by atoms with Crippen molar-refractivity contribution in [1.29, 1.82) is 0 Å². The quantitative estimate of drug-likeness (QED) is 0.259. The summed E-state index contributed by atoms with van der Waals surface area (Å²) in [5, 5.41) is 14.4. The zero-order valence-corrected chi connectivity index (χ0v) is 19.5. The van der Waals surface area contributed by atoms with Gasteiger partial charge in [0.1, 0.15) is 18.1 Å². The molecule has 1 aliphatic rings. The molecular weight excluding hydrogens is 428 g/mol. The average molecular weight is 463 g/mol. The summed E-state index contributed by atoms with van der Waals surface area (Å²) in [6.45, 7) is 4.28. The van der Waals surface area contributed by atoms with Gasteiger partial charge in [0.15, 0.2) is 0 Å². The van der Waals surface area contributed by atoms with Gasteiger partial charge in [-0.1, -0.05) is 20.3 Å². The number of nitrogens with one attached hydrogen (secondary N) is 2. The lowest BCUT2D eigenvalue weighted by Crippen LogP contribution is -2.57. The van der Waals surface area contributed by atoms with E-state index < -0.39 is 42.0 Å². The Morgan fingerprint density at radius 2 is 1.93 bits per heavy atom. The number of nitrogens with zero attached hydrogens (tertiary/aromatic N) is 1. The van der Waals surface area contributed by atoms with Crippen LogP contribution in [0.25, 0.3) is 0 Å². The SMILES string of the molecule is CCC(C)C(N)C(=O)N1CCCC1C(=O)NC(CS)C(=O)NC(CCSC)C(=O)O. The van der Waals surface area contributed by atoms with Gasteiger partial charge < -0.3 is 26.4 Å². The number of likely N-dealkylation sites (tertiary alicyclic amines) is 1. The monoisotopic (exact) mass is 462 g/mol. The lowest BCUT2D eigenvalue weighted by Gasteiger charge is -2.30. The molecule has 172 valence electrons. The summed E-state index contributed by atoms with van der Waals surface area (Å²) in [6, 6.07) is -3.42. The Bertz CT molecular complexity index is 622. The van der Waals surface area contributed by atoms with Gasteiger partial charge >= 0.3 is 5.97 Å². The molecule has 5 N–H and O–H groups in total. The number of rotatable bonds is 12. The molecule has 0 aliphatic carbocycles. The van der Waals surface area contributed by atoms with Crippen LogP contribution >= 0.6 is 24.4 Å². The molecule has 1 saturated heterocycles. The number of amides is 3. The molecule has 0 spiro atoms. The maximum atomic E-state index is 12.8. The Morgan fingerprint density at radius 3 is 2.47 bits per heavy atom. The van der Waals surface area contributed by atoms with E-state index in [0.717, 1.165) is 6.42 Å². The van der Waals surface area contributed by atoms with Gasteiger partial charge in [-0.2, -0.15) is 24.4 Å². The molecule has 0 bridgehead atoms. The van der Waals surface area contributed by atoms with E-state index in [1.165, 1.54) is 16.7 Å². The van der Waals surface area contributed by atoms with Gasteiger partial charge in [-0.15, -0.1) is 0 Å². The van der Waals surface area contributed by atoms with Crippen molar-refractivity contribution in [2.24, 2.45) is 11.7 Å². The average Bonchev–Trinajstić information content (AvgIpc) is 3.22. The minimum absolute atomic E-state index is 0.000507. The third-order valence-corrected chi connectivity index (χ3v) is 6.43. The molecule has 0 aromatic rings. The molecule has 0 aromatic carbocycles. The molecule has 5 atom stereocenters. The van der Waals surface area contributed by atoms with Crippen LogP contribution in [-0.4, -0.2) is 82.2 Å². The van der Waals surface area contributed by atoms with Gasteiger partial charge in [0.25, 0.3) is 0 Å². The Labute approximate surface area is 187 Å². The summed E-state index contributed by atoms with van der Waals surface area (Å²) in [5.41, 5.74) is 6.06. The zero-order valence-electron chi connectivity index (χ0n) is 17.8. The molecule has 1 rings (SSSR count). The fraction of sp³-hybridized carbons (Fsp3) is 0.789. The van der Waals surface area contributed by atoms with Crippen molar-refractivity contribution in [3.05, 3.63) is 0 Å². The molecule has 9 nitrogen and oxygen atoms in total. The van der Waals surface area contributed by atoms with Crippen molar-refractivity contribution in [2.45, 2.75) is 63.7 Å². The second-order valence-electron chi connectivity index (χ2n) is 7.53. The van der Waals surface area contributed by atoms with Crippen molar-refractivity contribution in [3.8, 4) is 0 Å². The highest BCUT2D eigenvalue weighted by atomic mass is 32.2. The Balaban J connectivity index is 2.78. The summed E-state index contributed by atoms with van der Waals surface area (Å²) in [7, 11) is 0. The number of hydrogen-bond donors (Lipinski definition) is 5. The highest BCUT2D eigenvalue weighted by molar-refractivity contribution is 7.98. The molecule has 0 aromatic heterocycles. The smallest absolute Gasteiger partial charge is 0.326 e. The Hall–Kier alpha value is -1.46. The van der Waals surface area contributed by atoms with Gasteiger partial charge in [0, 0.05) is 12.3 Å². The summed E-state index contributed by atoms with van der Waals surface area (Å²) >= 11 is 5.60. The number of nitrogens with two attached hydrogens (primary N) is 1. The van der Waals surface area contributed by atoms with E-state index in [0.29, 0.717) is 25.1 Å². The highest BCUT2D eigenvalue weighted by Gasteiger charge is 2.38. The molecule has 3 amide bonds. The summed E-state index contributed by atoms with van der Waals surface area (Å²) in [5.74, 6) is -1.90. The molecule has 0 radical (unpaired) electrons. The molecule has 11 heteroatoms. The minimum atomic E-state index is -1.13. The fourth-order valence-corrected chi connectivity index (χ4v) is 3.95. The molecule has 1 fully saturated rings. The number of carboxylic acid groups (broad SMARTS) is 1. The summed E-state index contributed by atoms with van der Waals surface area (Å²) in [6.07, 6.45) is 4.02. The number of thiol groups is 1. The van der Waals surface area contributed by atoms with Gasteiger partial charge in [-0.3, -0.25) is 14.4 Å². The molecule has 1 heterocycles. The fourth-order valence-electron chi connectivity index (χ4n) is 3.22. The predicted octanol–water partition coefficient (Wildman–Crippen LogP) is 0.0879. The molecule has 1 aliphatic heterocycles. The van der Waals surface area contributed by atoms with Crippen LogP contribution in [0.5, 0.6) is 0 Å². The van der Waals surface area contributed by atoms with Crippen molar-refractivity contribution in [1.82, 2.24) is 15.5 Å². The van der Waals surface area contributed by atoms with Crippen molar-refractivity contribution < 1.29 is 24.3 Å². The minimum Gasteiger partial charge on any atom is -0.480 e. The lowest BCUT2D eigenvalue weighted by atomic mass is 9.98. The number of thioether (sulfide) groups is 1. The molecular formula is C19H34N4O5S2. The van der Waals surface area contributed by atoms with Gasteiger partial charge in [0.2, 0.25) is 17.7 Å². The predicted molar refractivity (Wildman–Crippen MR) is 121 cm³/mol. The number of carbonyl (C=O) groups excluding carboxylic acids is 3. The third kappa shape index (κ3) is 7.35. The summed E-state index contributed by atoms with van der Waals surface area (Å²) < 4.78 is 0. The number of carboxylic acids is 1. The topological polar surface area (TPSA) is 142 Å². The van der Waals surface area contributed by atoms with E-state index in [1.807, 2.05) is 20.1 Å². The second-order valence-corrected chi connectivity index (χ2v) is 8.88. The van der Waals surface area contributed by atoms with Crippen LogP contribution < -0.4 is 16.4 Å². The van der Waals surface area contributed by atoms with Crippen molar-refractivity contribution in [2.75, 3.05) is 24.3 Å². The van der Waals surface area contributed by atoms with Crippen molar-refractivity contribution in [3.63, 3.8) is 0 Å². The maximum Gasteiger partial charge on any atom is 0.326 e. The van der Waals surface area contributed by atoms with Crippen LogP contribution in [0.3, 0.4) is 0 Å². The van der Waals surface area contributed by atoms with E-state index in [1.54, 1.807) is 0 Å². The third-order valence-electron chi connectivity index (χ3n) is 5.42. The largest absolute Gasteiger partial charge is 0.480 e. The van der Waals surface area contributed by atoms with Gasteiger partial charge in [-0.05, 0) is 37.2 Å². The first kappa shape index (κ1) is 26.6. The maximum absolute atomic E-state index is 12.8. The van der Waals surface area contributed by atoms with Crippen molar-refractivity contribution >= 4 is 48.1 Å². The van der Waals surface area contributed by atoms with Crippen LogP contribution in [-0.2, 0) is 19.2 Å². The number of aliphatic carboxylic acids is 1. The van der Waals surface area contributed by atoms with Crippen LogP contribution in [0, 0.1) is 5.92 Å². The van der Waals surface area contributed by atoms with Gasteiger partial charge in [0.05, 0.1) is 6.04 Å². The lowest BCUT2D eigenvalue weighted by molar-refractivity contribution is -0.143. The highest BCUT2D eigenvalue weighted by Crippen LogP contribution is 2.20. The van der Waals surface area contributed by atoms with E-state index in [4.69, 9.17) is 5.73 Å². The summed E-state index contributed by atoms with van der Waals surface area (Å²) in [4.78, 5) is 50.9. The van der Waals surface area contributed by atoms with E-state index >= 15 is 0 Å². The molecule has 0 saturated carbocycles. The molecule has 5 unspecified atom stereocenters. The first-order chi connectivity index (χ1) is 14.2. The van der Waals surface area contributed by atoms with E-state index in [-0.39, 0.29) is 24.0 Å². The van der Waals surface area contributed by atoms with Crippen LogP contribution in [0.2, 0.25) is 0 Å². The normalized spacial score (nSPS) is 20.2. The zero-order chi connectivity index (χ0) is 22.8. The van der Waals surface area contributed by atoms with Gasteiger partial charge in [-0.25, -0.2) is 4.79 Å². The first-order valence-electron chi connectivity index (χ1n) is 10.2. The van der Waals surface area contributed by atoms with E-state index in [9.17, 15) is 24.3 Å². The Kier molecular flexibility index (Phi) is 11.6. The number of carbonyl (C=O) groups is 4. The first-order valence-corrected chi connectivity index (χ1v) is 12.2. The van der Waals surface area contributed by atoms with E-state index in [2.05, 4.69) is 23.3 Å². The van der Waals surface area contributed by atoms with Crippen LogP contribution in [0.15, 0.2) is 0 Å². The van der Waals surface area contributed by atoms with Crippen LogP contribution in [0.4, 0.5) is 0 Å². The second kappa shape index (κ2) is 13.1.